The summed E-state index contributed by atoms with van der Waals surface area (Å²) in [6.45, 7) is 0. The Morgan fingerprint density at radius 1 is 1.08 bits per heavy atom. The Hall–Kier alpha value is -2.49. The van der Waals surface area contributed by atoms with Gasteiger partial charge in [0.2, 0.25) is 0 Å². The van der Waals surface area contributed by atoms with Crippen molar-refractivity contribution in [2.24, 2.45) is 5.92 Å². The fraction of sp³-hybridized carbons (Fsp3) is 0.381. The lowest BCUT2D eigenvalue weighted by Crippen LogP contribution is -2.17. The van der Waals surface area contributed by atoms with E-state index in [9.17, 15) is 0 Å². The standard InChI is InChI=1S/C21H25N3O/c22-17-11-12-20-19(14-17)24-21(25-20)23-18(16-9-5-2-6-10-16)13-15-7-3-1-4-8-15/h2,5-6,9-12,14-15,18H,1,3-4,7-8,13,22H2,(H,23,24). The van der Waals surface area contributed by atoms with E-state index >= 15 is 0 Å². The minimum atomic E-state index is 0.217. The van der Waals surface area contributed by atoms with Gasteiger partial charge in [0.05, 0.1) is 6.04 Å². The zero-order chi connectivity index (χ0) is 17.1. The van der Waals surface area contributed by atoms with Crippen molar-refractivity contribution in [1.82, 2.24) is 4.98 Å². The molecule has 130 valence electrons. The van der Waals surface area contributed by atoms with E-state index in [1.54, 1.807) is 0 Å². The Balaban J connectivity index is 1.57. The van der Waals surface area contributed by atoms with Crippen LogP contribution in [0.2, 0.25) is 0 Å². The van der Waals surface area contributed by atoms with E-state index in [-0.39, 0.29) is 6.04 Å². The minimum Gasteiger partial charge on any atom is -0.424 e. The molecule has 3 N–H and O–H groups in total. The maximum Gasteiger partial charge on any atom is 0.296 e. The third-order valence-electron chi connectivity index (χ3n) is 5.21. The molecule has 3 aromatic rings. The van der Waals surface area contributed by atoms with Gasteiger partial charge in [-0.05, 0) is 36.1 Å². The lowest BCUT2D eigenvalue weighted by Gasteiger charge is -2.27. The van der Waals surface area contributed by atoms with Crippen LogP contribution in [0.1, 0.15) is 50.1 Å². The van der Waals surface area contributed by atoms with Gasteiger partial charge >= 0.3 is 0 Å². The highest BCUT2D eigenvalue weighted by Crippen LogP contribution is 2.34. The van der Waals surface area contributed by atoms with Crippen LogP contribution >= 0.6 is 0 Å². The van der Waals surface area contributed by atoms with Gasteiger partial charge in [-0.15, -0.1) is 0 Å². The largest absolute Gasteiger partial charge is 0.424 e. The molecule has 0 radical (unpaired) electrons. The van der Waals surface area contributed by atoms with Gasteiger partial charge in [0.25, 0.3) is 6.01 Å². The number of hydrogen-bond acceptors (Lipinski definition) is 4. The molecular weight excluding hydrogens is 310 g/mol. The summed E-state index contributed by atoms with van der Waals surface area (Å²) in [6.07, 6.45) is 7.87. The van der Waals surface area contributed by atoms with E-state index in [0.29, 0.717) is 11.7 Å². The molecule has 0 saturated heterocycles. The Morgan fingerprint density at radius 3 is 2.68 bits per heavy atom. The van der Waals surface area contributed by atoms with Crippen LogP contribution in [0.25, 0.3) is 11.1 Å². The Labute approximate surface area is 148 Å². The molecule has 4 heteroatoms. The van der Waals surface area contributed by atoms with Crippen LogP contribution in [-0.2, 0) is 0 Å². The zero-order valence-corrected chi connectivity index (χ0v) is 14.4. The summed E-state index contributed by atoms with van der Waals surface area (Å²) < 4.78 is 5.89. The van der Waals surface area contributed by atoms with E-state index in [4.69, 9.17) is 10.2 Å². The number of nitrogens with one attached hydrogen (secondary N) is 1. The molecule has 1 saturated carbocycles. The summed E-state index contributed by atoms with van der Waals surface area (Å²) >= 11 is 0. The van der Waals surface area contributed by atoms with E-state index in [1.165, 1.54) is 37.7 Å². The predicted molar refractivity (Wildman–Crippen MR) is 102 cm³/mol. The molecule has 1 heterocycles. The lowest BCUT2D eigenvalue weighted by molar-refractivity contribution is 0.323. The summed E-state index contributed by atoms with van der Waals surface area (Å²) in [5, 5.41) is 3.53. The molecule has 25 heavy (non-hydrogen) atoms. The van der Waals surface area contributed by atoms with Crippen LogP contribution in [0.4, 0.5) is 11.7 Å². The van der Waals surface area contributed by atoms with Crippen molar-refractivity contribution in [3.63, 3.8) is 0 Å². The Kier molecular flexibility index (Phi) is 4.59. The van der Waals surface area contributed by atoms with E-state index in [1.807, 2.05) is 18.2 Å². The van der Waals surface area contributed by atoms with Gasteiger partial charge in [-0.25, -0.2) is 0 Å². The molecular formula is C21H25N3O. The average molecular weight is 335 g/mol. The molecule has 0 amide bonds. The third-order valence-corrected chi connectivity index (χ3v) is 5.21. The highest BCUT2D eigenvalue weighted by molar-refractivity contribution is 5.78. The van der Waals surface area contributed by atoms with Crippen LogP contribution in [0.15, 0.2) is 52.9 Å². The van der Waals surface area contributed by atoms with Gasteiger partial charge in [-0.3, -0.25) is 0 Å². The van der Waals surface area contributed by atoms with Crippen molar-refractivity contribution < 1.29 is 4.42 Å². The predicted octanol–water partition coefficient (Wildman–Crippen LogP) is 5.53. The van der Waals surface area contributed by atoms with Gasteiger partial charge in [0.15, 0.2) is 5.58 Å². The fourth-order valence-electron chi connectivity index (χ4n) is 3.88. The first kappa shape index (κ1) is 16.0. The molecule has 0 spiro atoms. The second kappa shape index (κ2) is 7.18. The van der Waals surface area contributed by atoms with Gasteiger partial charge in [-0.1, -0.05) is 62.4 Å². The first-order valence-corrected chi connectivity index (χ1v) is 9.25. The molecule has 1 aliphatic rings. The number of fused-ring (bicyclic) bond motifs is 1. The maximum atomic E-state index is 5.89. The smallest absolute Gasteiger partial charge is 0.296 e. The second-order valence-electron chi connectivity index (χ2n) is 7.09. The first-order valence-electron chi connectivity index (χ1n) is 9.25. The average Bonchev–Trinajstić information content (AvgIpc) is 3.04. The Bertz CT molecular complexity index is 822. The van der Waals surface area contributed by atoms with Gasteiger partial charge < -0.3 is 15.5 Å². The number of nitrogen functional groups attached to an aromatic ring is 1. The van der Waals surface area contributed by atoms with Crippen molar-refractivity contribution >= 4 is 22.8 Å². The summed E-state index contributed by atoms with van der Waals surface area (Å²) in [5.74, 6) is 0.770. The van der Waals surface area contributed by atoms with Gasteiger partial charge in [-0.2, -0.15) is 4.98 Å². The number of aromatic nitrogens is 1. The van der Waals surface area contributed by atoms with Crippen LogP contribution < -0.4 is 11.1 Å². The number of oxazole rings is 1. The van der Waals surface area contributed by atoms with Crippen LogP contribution in [0, 0.1) is 5.92 Å². The highest BCUT2D eigenvalue weighted by atomic mass is 16.4. The number of nitrogens with zero attached hydrogens (tertiary/aromatic N) is 1. The third kappa shape index (κ3) is 3.78. The molecule has 1 aliphatic carbocycles. The van der Waals surface area contributed by atoms with Crippen LogP contribution in [0.3, 0.4) is 0 Å². The normalized spacial score (nSPS) is 16.8. The monoisotopic (exact) mass is 335 g/mol. The molecule has 2 aromatic carbocycles. The molecule has 1 unspecified atom stereocenters. The summed E-state index contributed by atoms with van der Waals surface area (Å²) in [6, 6.07) is 17.0. The SMILES string of the molecule is Nc1ccc2oc(NC(CC3CCCCC3)c3ccccc3)nc2c1. The number of anilines is 2. The molecule has 1 aromatic heterocycles. The molecule has 1 atom stereocenters. The Morgan fingerprint density at radius 2 is 1.88 bits per heavy atom. The topological polar surface area (TPSA) is 64.1 Å². The molecule has 1 fully saturated rings. The molecule has 4 nitrogen and oxygen atoms in total. The molecule has 0 bridgehead atoms. The quantitative estimate of drug-likeness (QED) is 0.601. The first-order chi connectivity index (χ1) is 12.3. The zero-order valence-electron chi connectivity index (χ0n) is 14.4. The van der Waals surface area contributed by atoms with E-state index in [0.717, 1.165) is 23.4 Å². The fourth-order valence-corrected chi connectivity index (χ4v) is 3.88. The van der Waals surface area contributed by atoms with Crippen molar-refractivity contribution in [2.45, 2.75) is 44.6 Å². The summed E-state index contributed by atoms with van der Waals surface area (Å²) in [5.41, 5.74) is 9.40. The molecule has 4 rings (SSSR count). The van der Waals surface area contributed by atoms with Crippen LogP contribution in [-0.4, -0.2) is 4.98 Å². The summed E-state index contributed by atoms with van der Waals surface area (Å²) in [4.78, 5) is 4.57. The number of nitrogens with two attached hydrogens (primary N) is 1. The number of hydrogen-bond donors (Lipinski definition) is 2. The number of benzene rings is 2. The maximum absolute atomic E-state index is 5.89. The van der Waals surface area contributed by atoms with Crippen molar-refractivity contribution in [3.05, 3.63) is 54.1 Å². The summed E-state index contributed by atoms with van der Waals surface area (Å²) in [7, 11) is 0. The van der Waals surface area contributed by atoms with Crippen LogP contribution in [0.5, 0.6) is 0 Å². The van der Waals surface area contributed by atoms with Crippen molar-refractivity contribution in [3.8, 4) is 0 Å². The van der Waals surface area contributed by atoms with Gasteiger partial charge in [0.1, 0.15) is 5.52 Å². The van der Waals surface area contributed by atoms with E-state index < -0.39 is 0 Å². The minimum absolute atomic E-state index is 0.217. The second-order valence-corrected chi connectivity index (χ2v) is 7.09. The van der Waals surface area contributed by atoms with Crippen molar-refractivity contribution in [1.29, 1.82) is 0 Å². The highest BCUT2D eigenvalue weighted by Gasteiger charge is 2.21. The van der Waals surface area contributed by atoms with E-state index in [2.05, 4.69) is 40.6 Å². The lowest BCUT2D eigenvalue weighted by atomic mass is 9.83. The van der Waals surface area contributed by atoms with Gasteiger partial charge in [0, 0.05) is 5.69 Å². The number of rotatable bonds is 5. The molecule has 0 aliphatic heterocycles. The van der Waals surface area contributed by atoms with Crippen molar-refractivity contribution in [2.75, 3.05) is 11.1 Å².